The fourth-order valence-corrected chi connectivity index (χ4v) is 2.74. The molecule has 0 saturated heterocycles. The summed E-state index contributed by atoms with van der Waals surface area (Å²) in [4.78, 5) is 0. The molecule has 0 aliphatic carbocycles. The van der Waals surface area contributed by atoms with Gasteiger partial charge in [0, 0.05) is 5.25 Å². The topological polar surface area (TPSA) is 0 Å². The van der Waals surface area contributed by atoms with Crippen molar-refractivity contribution >= 4 is 24.4 Å². The van der Waals surface area contributed by atoms with Gasteiger partial charge in [0.1, 0.15) is 0 Å². The Kier molecular flexibility index (Phi) is 35.6. The Morgan fingerprint density at radius 1 is 0.905 bits per heavy atom. The summed E-state index contributed by atoms with van der Waals surface area (Å²) in [5.41, 5.74) is 0. The molecule has 21 heavy (non-hydrogen) atoms. The Balaban J connectivity index is -0.000000113. The van der Waals surface area contributed by atoms with Crippen molar-refractivity contribution in [3.63, 3.8) is 0 Å². The molecule has 0 aliphatic heterocycles. The highest BCUT2D eigenvalue weighted by Gasteiger charge is 2.06. The summed E-state index contributed by atoms with van der Waals surface area (Å²) in [6.45, 7) is 17.5. The molecule has 0 radical (unpaired) electrons. The molecule has 0 aliphatic rings. The minimum absolute atomic E-state index is 0. The number of rotatable bonds is 7. The first-order valence-electron chi connectivity index (χ1n) is 8.33. The molecule has 1 unspecified atom stereocenters. The van der Waals surface area contributed by atoms with Crippen LogP contribution in [0.1, 0.15) is 94.9 Å². The maximum Gasteiger partial charge on any atom is 0.00469 e. The van der Waals surface area contributed by atoms with Crippen LogP contribution in [0.2, 0.25) is 0 Å². The summed E-state index contributed by atoms with van der Waals surface area (Å²) >= 11 is 6.09. The third-order valence-electron chi connectivity index (χ3n) is 2.17. The second-order valence-corrected chi connectivity index (χ2v) is 8.30. The van der Waals surface area contributed by atoms with Gasteiger partial charge in [0.15, 0.2) is 0 Å². The molecule has 1 atom stereocenters. The van der Waals surface area contributed by atoms with Gasteiger partial charge >= 0.3 is 0 Å². The molecule has 0 spiro atoms. The molecule has 0 amide bonds. The van der Waals surface area contributed by atoms with Crippen LogP contribution in [0.15, 0.2) is 12.2 Å². The Morgan fingerprint density at radius 3 is 1.48 bits per heavy atom. The van der Waals surface area contributed by atoms with Crippen molar-refractivity contribution in [3.05, 3.63) is 12.2 Å². The molecule has 0 bridgehead atoms. The number of thioether (sulfide) groups is 1. The summed E-state index contributed by atoms with van der Waals surface area (Å²) < 4.78 is 0. The Labute approximate surface area is 147 Å². The largest absolute Gasteiger partial charge is 0.177 e. The molecule has 0 saturated carbocycles. The SMILES string of the molecule is C.CC(C)S.CCC=CCC.CCCC(CC)SC(C)C. The molecular weight excluding hydrogens is 292 g/mol. The molecule has 0 rings (SSSR count). The van der Waals surface area contributed by atoms with E-state index < -0.39 is 0 Å². The van der Waals surface area contributed by atoms with Gasteiger partial charge in [-0.3, -0.25) is 0 Å². The van der Waals surface area contributed by atoms with Gasteiger partial charge in [-0.05, 0) is 36.2 Å². The molecule has 132 valence electrons. The van der Waals surface area contributed by atoms with Crippen molar-refractivity contribution in [1.82, 2.24) is 0 Å². The van der Waals surface area contributed by atoms with Crippen LogP contribution in [0.4, 0.5) is 0 Å². The third kappa shape index (κ3) is 44.9. The van der Waals surface area contributed by atoms with Crippen LogP contribution >= 0.6 is 24.4 Å². The second kappa shape index (κ2) is 25.4. The predicted molar refractivity (Wildman–Crippen MR) is 112 cm³/mol. The van der Waals surface area contributed by atoms with Crippen molar-refractivity contribution in [3.8, 4) is 0 Å². The monoisotopic (exact) mass is 336 g/mol. The molecule has 0 N–H and O–H groups in total. The highest BCUT2D eigenvalue weighted by Crippen LogP contribution is 2.23. The molecule has 0 aromatic rings. The molecule has 0 heterocycles. The van der Waals surface area contributed by atoms with Crippen LogP contribution in [0.25, 0.3) is 0 Å². The fraction of sp³-hybridized carbons (Fsp3) is 0.895. The van der Waals surface area contributed by atoms with Crippen molar-refractivity contribution < 1.29 is 0 Å². The first-order valence-corrected chi connectivity index (χ1v) is 9.79. The Morgan fingerprint density at radius 2 is 1.29 bits per heavy atom. The van der Waals surface area contributed by atoms with Crippen LogP contribution < -0.4 is 0 Å². The highest BCUT2D eigenvalue weighted by atomic mass is 32.2. The quantitative estimate of drug-likeness (QED) is 0.362. The average molecular weight is 337 g/mol. The van der Waals surface area contributed by atoms with E-state index in [0.29, 0.717) is 5.25 Å². The normalized spacial score (nSPS) is 11.4. The van der Waals surface area contributed by atoms with Crippen molar-refractivity contribution in [1.29, 1.82) is 0 Å². The van der Waals surface area contributed by atoms with Crippen molar-refractivity contribution in [2.24, 2.45) is 0 Å². The minimum atomic E-state index is 0. The van der Waals surface area contributed by atoms with Crippen molar-refractivity contribution in [2.45, 2.75) is 111 Å². The molecule has 0 aromatic carbocycles. The van der Waals surface area contributed by atoms with Crippen LogP contribution in [-0.4, -0.2) is 15.7 Å². The van der Waals surface area contributed by atoms with E-state index in [1.54, 1.807) is 0 Å². The molecule has 0 nitrogen and oxygen atoms in total. The highest BCUT2D eigenvalue weighted by molar-refractivity contribution is 8.00. The fourth-order valence-electron chi connectivity index (χ4n) is 1.41. The van der Waals surface area contributed by atoms with E-state index in [1.165, 1.54) is 32.1 Å². The number of thiol groups is 1. The summed E-state index contributed by atoms with van der Waals surface area (Å²) in [5.74, 6) is 0. The van der Waals surface area contributed by atoms with E-state index >= 15 is 0 Å². The zero-order valence-corrected chi connectivity index (χ0v) is 17.0. The van der Waals surface area contributed by atoms with Crippen LogP contribution in [-0.2, 0) is 0 Å². The van der Waals surface area contributed by atoms with Gasteiger partial charge in [0.05, 0.1) is 0 Å². The molecule has 0 aromatic heterocycles. The lowest BCUT2D eigenvalue weighted by molar-refractivity contribution is 0.716. The van der Waals surface area contributed by atoms with Gasteiger partial charge in [-0.2, -0.15) is 24.4 Å². The van der Waals surface area contributed by atoms with E-state index in [-0.39, 0.29) is 7.43 Å². The first-order chi connectivity index (χ1) is 9.35. The van der Waals surface area contributed by atoms with Crippen LogP contribution in [0, 0.1) is 0 Å². The molecule has 0 fully saturated rings. The lowest BCUT2D eigenvalue weighted by atomic mass is 10.2. The average Bonchev–Trinajstić information content (AvgIpc) is 2.35. The van der Waals surface area contributed by atoms with Gasteiger partial charge in [-0.1, -0.05) is 81.4 Å². The summed E-state index contributed by atoms with van der Waals surface area (Å²) in [6, 6.07) is 0. The lowest BCUT2D eigenvalue weighted by Crippen LogP contribution is -2.04. The van der Waals surface area contributed by atoms with Gasteiger partial charge in [0.2, 0.25) is 0 Å². The van der Waals surface area contributed by atoms with Gasteiger partial charge < -0.3 is 0 Å². The zero-order chi connectivity index (χ0) is 16.4. The third-order valence-corrected chi connectivity index (χ3v) is 3.67. The maximum absolute atomic E-state index is 3.97. The standard InChI is InChI=1S/C9H20S.C6H12.C3H8S.CH4/c1-5-7-9(6-2)10-8(3)4;1-3-5-6-4-2;1-3(2)4;/h8-9H,5-7H2,1-4H3;5-6H,3-4H2,1-2H3;3-4H,1-2H3;1H4. The van der Waals surface area contributed by atoms with E-state index in [0.717, 1.165) is 10.5 Å². The van der Waals surface area contributed by atoms with Crippen molar-refractivity contribution in [2.75, 3.05) is 0 Å². The maximum atomic E-state index is 3.97. The second-order valence-electron chi connectivity index (χ2n) is 5.39. The van der Waals surface area contributed by atoms with Crippen LogP contribution in [0.5, 0.6) is 0 Å². The van der Waals surface area contributed by atoms with E-state index in [1.807, 2.05) is 13.8 Å². The molecular formula is C19H44S2. The van der Waals surface area contributed by atoms with Crippen LogP contribution in [0.3, 0.4) is 0 Å². The number of hydrogen-bond donors (Lipinski definition) is 1. The Bertz CT molecular complexity index is 166. The van der Waals surface area contributed by atoms with Gasteiger partial charge in [-0.25, -0.2) is 0 Å². The lowest BCUT2D eigenvalue weighted by Gasteiger charge is -2.15. The summed E-state index contributed by atoms with van der Waals surface area (Å²) in [6.07, 6.45) is 10.8. The smallest absolute Gasteiger partial charge is 0.00469 e. The zero-order valence-electron chi connectivity index (χ0n) is 15.3. The van der Waals surface area contributed by atoms with Gasteiger partial charge in [-0.15, -0.1) is 0 Å². The number of hydrogen-bond acceptors (Lipinski definition) is 2. The number of allylic oxidation sites excluding steroid dienone is 2. The van der Waals surface area contributed by atoms with E-state index in [4.69, 9.17) is 0 Å². The summed E-state index contributed by atoms with van der Waals surface area (Å²) in [5, 5.41) is 2.24. The van der Waals surface area contributed by atoms with Gasteiger partial charge in [0.25, 0.3) is 0 Å². The Hall–Kier alpha value is 0.440. The predicted octanol–water partition coefficient (Wildman–Crippen LogP) is 8.03. The first kappa shape index (κ1) is 29.5. The minimum Gasteiger partial charge on any atom is -0.177 e. The van der Waals surface area contributed by atoms with E-state index in [9.17, 15) is 0 Å². The summed E-state index contributed by atoms with van der Waals surface area (Å²) in [7, 11) is 0. The molecule has 2 heteroatoms. The van der Waals surface area contributed by atoms with E-state index in [2.05, 4.69) is 78.1 Å².